The molecule has 23 heavy (non-hydrogen) atoms. The Bertz CT molecular complexity index is 859. The van der Waals surface area contributed by atoms with Crippen molar-refractivity contribution < 1.29 is 9.18 Å². The SMILES string of the molecule is Cn1cc(Br)c(C(=O)Nc2ncn(Cc3ccccc3F)n2)n1. The molecule has 0 spiro atoms. The molecule has 0 atom stereocenters. The number of aryl methyl sites for hydroxylation is 1. The Balaban J connectivity index is 1.71. The summed E-state index contributed by atoms with van der Waals surface area (Å²) in [5.41, 5.74) is 0.723. The van der Waals surface area contributed by atoms with Crippen LogP contribution < -0.4 is 5.32 Å². The quantitative estimate of drug-likeness (QED) is 0.754. The molecule has 7 nitrogen and oxygen atoms in total. The van der Waals surface area contributed by atoms with Crippen molar-refractivity contribution in [1.82, 2.24) is 24.5 Å². The minimum Gasteiger partial charge on any atom is -0.288 e. The van der Waals surface area contributed by atoms with Gasteiger partial charge in [-0.15, -0.1) is 5.10 Å². The van der Waals surface area contributed by atoms with Crippen molar-refractivity contribution in [2.24, 2.45) is 7.05 Å². The molecule has 2 aromatic heterocycles. The molecule has 1 N–H and O–H groups in total. The van der Waals surface area contributed by atoms with Crippen molar-refractivity contribution >= 4 is 27.8 Å². The third-order valence-electron chi connectivity index (χ3n) is 3.05. The van der Waals surface area contributed by atoms with Gasteiger partial charge in [0.25, 0.3) is 5.91 Å². The molecule has 118 valence electrons. The summed E-state index contributed by atoms with van der Waals surface area (Å²) in [4.78, 5) is 16.1. The largest absolute Gasteiger partial charge is 0.288 e. The van der Waals surface area contributed by atoms with Gasteiger partial charge < -0.3 is 0 Å². The first-order valence-corrected chi connectivity index (χ1v) is 7.45. The smallest absolute Gasteiger partial charge is 0.279 e. The highest BCUT2D eigenvalue weighted by Gasteiger charge is 2.16. The van der Waals surface area contributed by atoms with Gasteiger partial charge in [-0.3, -0.25) is 14.8 Å². The van der Waals surface area contributed by atoms with Crippen molar-refractivity contribution in [3.63, 3.8) is 0 Å². The minimum absolute atomic E-state index is 0.129. The number of nitrogens with one attached hydrogen (secondary N) is 1. The number of hydrogen-bond donors (Lipinski definition) is 1. The molecule has 2 heterocycles. The number of halogens is 2. The fourth-order valence-corrected chi connectivity index (χ4v) is 2.56. The van der Waals surface area contributed by atoms with Gasteiger partial charge in [0.2, 0.25) is 5.95 Å². The molecule has 3 aromatic rings. The number of amides is 1. The van der Waals surface area contributed by atoms with Crippen LogP contribution in [-0.2, 0) is 13.6 Å². The third-order valence-corrected chi connectivity index (χ3v) is 3.63. The van der Waals surface area contributed by atoms with Crippen LogP contribution in [0.4, 0.5) is 10.3 Å². The van der Waals surface area contributed by atoms with Crippen molar-refractivity contribution in [3.05, 3.63) is 58.3 Å². The maximum absolute atomic E-state index is 13.6. The van der Waals surface area contributed by atoms with E-state index in [1.54, 1.807) is 31.4 Å². The van der Waals surface area contributed by atoms with Gasteiger partial charge in [0, 0.05) is 18.8 Å². The summed E-state index contributed by atoms with van der Waals surface area (Å²) in [5, 5.41) is 10.7. The number of rotatable bonds is 4. The average molecular weight is 379 g/mol. The van der Waals surface area contributed by atoms with Crippen LogP contribution in [0.1, 0.15) is 16.1 Å². The van der Waals surface area contributed by atoms with Crippen LogP contribution in [0, 0.1) is 5.82 Å². The van der Waals surface area contributed by atoms with Crippen molar-refractivity contribution in [2.45, 2.75) is 6.54 Å². The molecule has 1 aromatic carbocycles. The average Bonchev–Trinajstić information content (AvgIpc) is 3.07. The van der Waals surface area contributed by atoms with E-state index in [1.807, 2.05) is 0 Å². The number of carbonyl (C=O) groups excluding carboxylic acids is 1. The topological polar surface area (TPSA) is 77.6 Å². The molecule has 9 heteroatoms. The lowest BCUT2D eigenvalue weighted by molar-refractivity contribution is 0.102. The summed E-state index contributed by atoms with van der Waals surface area (Å²) in [6, 6.07) is 6.42. The first-order valence-electron chi connectivity index (χ1n) is 6.66. The molecule has 1 amide bonds. The number of nitrogens with zero attached hydrogens (tertiary/aromatic N) is 5. The molecule has 0 aliphatic rings. The van der Waals surface area contributed by atoms with Gasteiger partial charge in [-0.1, -0.05) is 18.2 Å². The Morgan fingerprint density at radius 1 is 1.35 bits per heavy atom. The molecule has 0 radical (unpaired) electrons. The first kappa shape index (κ1) is 15.3. The molecule has 0 saturated carbocycles. The van der Waals surface area contributed by atoms with Crippen LogP contribution >= 0.6 is 15.9 Å². The van der Waals surface area contributed by atoms with E-state index in [2.05, 4.69) is 36.4 Å². The summed E-state index contributed by atoms with van der Waals surface area (Å²) in [6.45, 7) is 0.225. The van der Waals surface area contributed by atoms with Gasteiger partial charge >= 0.3 is 0 Å². The monoisotopic (exact) mass is 378 g/mol. The van der Waals surface area contributed by atoms with Crippen molar-refractivity contribution in [1.29, 1.82) is 0 Å². The van der Waals surface area contributed by atoms with Crippen LogP contribution in [0.3, 0.4) is 0 Å². The highest BCUT2D eigenvalue weighted by atomic mass is 79.9. The van der Waals surface area contributed by atoms with E-state index < -0.39 is 5.91 Å². The van der Waals surface area contributed by atoms with E-state index in [0.717, 1.165) is 0 Å². The molecule has 0 fully saturated rings. The summed E-state index contributed by atoms with van der Waals surface area (Å²) >= 11 is 3.26. The fourth-order valence-electron chi connectivity index (χ4n) is 2.00. The molecule has 0 aliphatic heterocycles. The second-order valence-electron chi connectivity index (χ2n) is 4.81. The van der Waals surface area contributed by atoms with Crippen molar-refractivity contribution in [2.75, 3.05) is 5.32 Å². The molecular formula is C14H12BrFN6O. The van der Waals surface area contributed by atoms with E-state index in [-0.39, 0.29) is 24.0 Å². The van der Waals surface area contributed by atoms with Crippen LogP contribution in [0.25, 0.3) is 0 Å². The van der Waals surface area contributed by atoms with Crippen LogP contribution in [-0.4, -0.2) is 30.5 Å². The van der Waals surface area contributed by atoms with Gasteiger partial charge in [0.1, 0.15) is 12.1 Å². The molecule has 3 rings (SSSR count). The molecule has 0 saturated heterocycles. The maximum atomic E-state index is 13.6. The predicted molar refractivity (Wildman–Crippen MR) is 84.4 cm³/mol. The van der Waals surface area contributed by atoms with Crippen LogP contribution in [0.15, 0.2) is 41.3 Å². The summed E-state index contributed by atoms with van der Waals surface area (Å²) < 4.78 is 17.1. The number of aromatic nitrogens is 5. The number of benzene rings is 1. The van der Waals surface area contributed by atoms with E-state index >= 15 is 0 Å². The predicted octanol–water partition coefficient (Wildman–Crippen LogP) is 2.21. The van der Waals surface area contributed by atoms with Crippen LogP contribution in [0.5, 0.6) is 0 Å². The lowest BCUT2D eigenvalue weighted by atomic mass is 10.2. The zero-order valence-electron chi connectivity index (χ0n) is 12.1. The maximum Gasteiger partial charge on any atom is 0.279 e. The second kappa shape index (κ2) is 6.29. The normalized spacial score (nSPS) is 10.7. The van der Waals surface area contributed by atoms with Gasteiger partial charge in [-0.05, 0) is 22.0 Å². The number of anilines is 1. The standard InChI is InChI=1S/C14H12BrFN6O/c1-21-7-10(15)12(19-21)13(23)18-14-17-8-22(20-14)6-9-4-2-3-5-11(9)16/h2-5,7-8H,6H2,1H3,(H,18,20,23). The molecule has 0 unspecified atom stereocenters. The Morgan fingerprint density at radius 2 is 2.13 bits per heavy atom. The van der Waals surface area contributed by atoms with E-state index in [9.17, 15) is 9.18 Å². The Kier molecular flexibility index (Phi) is 4.20. The van der Waals surface area contributed by atoms with Crippen LogP contribution in [0.2, 0.25) is 0 Å². The highest BCUT2D eigenvalue weighted by molar-refractivity contribution is 9.10. The summed E-state index contributed by atoms with van der Waals surface area (Å²) in [5.74, 6) is -0.615. The lowest BCUT2D eigenvalue weighted by Crippen LogP contribution is -2.15. The zero-order chi connectivity index (χ0) is 16.4. The van der Waals surface area contributed by atoms with Gasteiger partial charge in [-0.25, -0.2) is 14.1 Å². The molecular weight excluding hydrogens is 367 g/mol. The second-order valence-corrected chi connectivity index (χ2v) is 5.66. The lowest BCUT2D eigenvalue weighted by Gasteiger charge is -2.02. The van der Waals surface area contributed by atoms with E-state index in [0.29, 0.717) is 10.0 Å². The molecule has 0 bridgehead atoms. The Hall–Kier alpha value is -2.55. The van der Waals surface area contributed by atoms with E-state index in [1.165, 1.54) is 21.8 Å². The summed E-state index contributed by atoms with van der Waals surface area (Å²) in [6.07, 6.45) is 3.09. The summed E-state index contributed by atoms with van der Waals surface area (Å²) in [7, 11) is 1.71. The highest BCUT2D eigenvalue weighted by Crippen LogP contribution is 2.15. The zero-order valence-corrected chi connectivity index (χ0v) is 13.7. The van der Waals surface area contributed by atoms with Gasteiger partial charge in [0.05, 0.1) is 11.0 Å². The van der Waals surface area contributed by atoms with Crippen molar-refractivity contribution in [3.8, 4) is 0 Å². The van der Waals surface area contributed by atoms with Gasteiger partial charge in [-0.2, -0.15) is 5.10 Å². The Morgan fingerprint density at radius 3 is 2.83 bits per heavy atom. The van der Waals surface area contributed by atoms with E-state index in [4.69, 9.17) is 0 Å². The molecule has 0 aliphatic carbocycles. The number of carbonyl (C=O) groups is 1. The first-order chi connectivity index (χ1) is 11.0. The number of hydrogen-bond acceptors (Lipinski definition) is 4. The third kappa shape index (κ3) is 3.45. The fraction of sp³-hybridized carbons (Fsp3) is 0.143. The van der Waals surface area contributed by atoms with Gasteiger partial charge in [0.15, 0.2) is 5.69 Å². The Labute approximate surface area is 139 Å². The minimum atomic E-state index is -0.430.